The molecule has 5 aromatic carbocycles. The standard InChI is InChI=1S/C37H30/c1-6-28-29(7-2)33(23-22-32(28)26-16-12-10-13-17-26)37-31(9-4)30(8-3)36(27-18-14-11-15-19-27)34-21-20-25(5)24-35(34)37/h6-24H,1-4H2,5H3. The Morgan fingerprint density at radius 1 is 0.459 bits per heavy atom. The molecule has 5 rings (SSSR count). The molecule has 0 aliphatic heterocycles. The molecule has 0 unspecified atom stereocenters. The summed E-state index contributed by atoms with van der Waals surface area (Å²) < 4.78 is 0. The zero-order valence-corrected chi connectivity index (χ0v) is 21.3. The Morgan fingerprint density at radius 2 is 0.973 bits per heavy atom. The predicted molar refractivity (Wildman–Crippen MR) is 165 cm³/mol. The smallest absolute Gasteiger partial charge is 0.00203 e. The summed E-state index contributed by atoms with van der Waals surface area (Å²) in [6, 6.07) is 32.1. The molecule has 0 aliphatic carbocycles. The van der Waals surface area contributed by atoms with Crippen molar-refractivity contribution in [1.82, 2.24) is 0 Å². The van der Waals surface area contributed by atoms with Crippen molar-refractivity contribution in [3.05, 3.63) is 145 Å². The first kappa shape index (κ1) is 24.0. The Labute approximate surface area is 220 Å². The van der Waals surface area contributed by atoms with Gasteiger partial charge in [-0.3, -0.25) is 0 Å². The third-order valence-corrected chi connectivity index (χ3v) is 7.06. The maximum Gasteiger partial charge on any atom is -0.00203 e. The maximum absolute atomic E-state index is 4.26. The highest BCUT2D eigenvalue weighted by atomic mass is 14.2. The summed E-state index contributed by atoms with van der Waals surface area (Å²) in [6.07, 6.45) is 7.82. The topological polar surface area (TPSA) is 0 Å². The van der Waals surface area contributed by atoms with Gasteiger partial charge in [-0.15, -0.1) is 0 Å². The van der Waals surface area contributed by atoms with Crippen molar-refractivity contribution in [3.8, 4) is 33.4 Å². The minimum atomic E-state index is 1.06. The van der Waals surface area contributed by atoms with Gasteiger partial charge < -0.3 is 0 Å². The zero-order chi connectivity index (χ0) is 25.9. The first-order valence-corrected chi connectivity index (χ1v) is 12.5. The minimum absolute atomic E-state index is 1.06. The Morgan fingerprint density at radius 3 is 1.57 bits per heavy atom. The predicted octanol–water partition coefficient (Wildman–Crippen LogP) is 10.7. The molecule has 37 heavy (non-hydrogen) atoms. The van der Waals surface area contributed by atoms with E-state index in [1.165, 1.54) is 21.9 Å². The van der Waals surface area contributed by atoms with Gasteiger partial charge in [0.15, 0.2) is 0 Å². The van der Waals surface area contributed by atoms with E-state index in [-0.39, 0.29) is 0 Å². The molecule has 0 heteroatoms. The van der Waals surface area contributed by atoms with Crippen LogP contribution < -0.4 is 0 Å². The second-order valence-electron chi connectivity index (χ2n) is 9.16. The summed E-state index contributed by atoms with van der Waals surface area (Å²) in [5.74, 6) is 0. The Hall–Kier alpha value is -4.68. The van der Waals surface area contributed by atoms with Crippen LogP contribution in [0.4, 0.5) is 0 Å². The van der Waals surface area contributed by atoms with E-state index in [2.05, 4.69) is 112 Å². The summed E-state index contributed by atoms with van der Waals surface area (Å²) in [4.78, 5) is 0. The van der Waals surface area contributed by atoms with Gasteiger partial charge in [-0.05, 0) is 73.3 Å². The third kappa shape index (κ3) is 4.07. The molecule has 0 atom stereocenters. The quantitative estimate of drug-likeness (QED) is 0.220. The molecule has 0 bridgehead atoms. The van der Waals surface area contributed by atoms with E-state index in [4.69, 9.17) is 0 Å². The molecule has 0 aliphatic rings. The van der Waals surface area contributed by atoms with Crippen molar-refractivity contribution in [2.75, 3.05) is 0 Å². The van der Waals surface area contributed by atoms with Crippen LogP contribution in [0.1, 0.15) is 27.8 Å². The molecule has 0 aromatic heterocycles. The molecule has 0 nitrogen and oxygen atoms in total. The largest absolute Gasteiger partial charge is 0.0984 e. The van der Waals surface area contributed by atoms with Crippen LogP contribution in [-0.4, -0.2) is 0 Å². The van der Waals surface area contributed by atoms with E-state index in [1.54, 1.807) is 0 Å². The number of rotatable bonds is 7. The summed E-state index contributed by atoms with van der Waals surface area (Å²) in [6.45, 7) is 19.0. The van der Waals surface area contributed by atoms with Crippen molar-refractivity contribution in [3.63, 3.8) is 0 Å². The van der Waals surface area contributed by atoms with Crippen LogP contribution in [-0.2, 0) is 0 Å². The molecule has 0 saturated heterocycles. The number of fused-ring (bicyclic) bond motifs is 1. The van der Waals surface area contributed by atoms with Gasteiger partial charge in [0.05, 0.1) is 0 Å². The van der Waals surface area contributed by atoms with E-state index in [0.717, 1.165) is 50.1 Å². The molecule has 5 aromatic rings. The number of hydrogen-bond donors (Lipinski definition) is 0. The average Bonchev–Trinajstić information content (AvgIpc) is 2.95. The molecule has 0 saturated carbocycles. The highest BCUT2D eigenvalue weighted by molar-refractivity contribution is 6.13. The first-order valence-electron chi connectivity index (χ1n) is 12.5. The van der Waals surface area contributed by atoms with Crippen molar-refractivity contribution in [1.29, 1.82) is 0 Å². The first-order chi connectivity index (χ1) is 18.1. The molecule has 0 spiro atoms. The zero-order valence-electron chi connectivity index (χ0n) is 21.3. The Balaban J connectivity index is 1.95. The lowest BCUT2D eigenvalue weighted by atomic mass is 9.80. The minimum Gasteiger partial charge on any atom is -0.0984 e. The van der Waals surface area contributed by atoms with Crippen LogP contribution in [0.2, 0.25) is 0 Å². The SMILES string of the molecule is C=Cc1c(-c2ccccc2)ccc(-c2c(C=C)c(C=C)c(-c3ccccc3)c3ccc(C)cc23)c1C=C. The average molecular weight is 475 g/mol. The molecular formula is C37H30. The van der Waals surface area contributed by atoms with Gasteiger partial charge in [-0.1, -0.05) is 147 Å². The summed E-state index contributed by atoms with van der Waals surface area (Å²) in [5.41, 5.74) is 12.4. The van der Waals surface area contributed by atoms with Gasteiger partial charge >= 0.3 is 0 Å². The fraction of sp³-hybridized carbons (Fsp3) is 0.0270. The lowest BCUT2D eigenvalue weighted by molar-refractivity contribution is 1.49. The fourth-order valence-corrected chi connectivity index (χ4v) is 5.44. The molecule has 0 heterocycles. The van der Waals surface area contributed by atoms with E-state index in [0.29, 0.717) is 0 Å². The van der Waals surface area contributed by atoms with Crippen LogP contribution in [0.5, 0.6) is 0 Å². The maximum atomic E-state index is 4.26. The van der Waals surface area contributed by atoms with Crippen LogP contribution in [0, 0.1) is 6.92 Å². The van der Waals surface area contributed by atoms with Gasteiger partial charge in [0.1, 0.15) is 0 Å². The van der Waals surface area contributed by atoms with Crippen LogP contribution in [0.15, 0.2) is 117 Å². The molecule has 178 valence electrons. The van der Waals surface area contributed by atoms with Crippen molar-refractivity contribution in [2.24, 2.45) is 0 Å². The molecule has 0 N–H and O–H groups in total. The molecule has 0 radical (unpaired) electrons. The normalized spacial score (nSPS) is 10.7. The molecule has 0 fully saturated rings. The van der Waals surface area contributed by atoms with E-state index < -0.39 is 0 Å². The Kier molecular flexibility index (Phi) is 6.58. The van der Waals surface area contributed by atoms with Crippen molar-refractivity contribution >= 4 is 35.1 Å². The second-order valence-corrected chi connectivity index (χ2v) is 9.16. The lowest BCUT2D eigenvalue weighted by Gasteiger charge is -2.23. The monoisotopic (exact) mass is 474 g/mol. The van der Waals surface area contributed by atoms with Crippen LogP contribution >= 0.6 is 0 Å². The second kappa shape index (κ2) is 10.1. The molecule has 0 amide bonds. The summed E-state index contributed by atoms with van der Waals surface area (Å²) >= 11 is 0. The number of benzene rings is 5. The van der Waals surface area contributed by atoms with E-state index in [1.807, 2.05) is 36.4 Å². The highest BCUT2D eigenvalue weighted by Gasteiger charge is 2.21. The lowest BCUT2D eigenvalue weighted by Crippen LogP contribution is -1.99. The van der Waals surface area contributed by atoms with Gasteiger partial charge in [-0.2, -0.15) is 0 Å². The Bertz CT molecular complexity index is 1670. The van der Waals surface area contributed by atoms with Crippen molar-refractivity contribution in [2.45, 2.75) is 6.92 Å². The van der Waals surface area contributed by atoms with E-state index in [9.17, 15) is 0 Å². The third-order valence-electron chi connectivity index (χ3n) is 7.06. The number of aryl methyl sites for hydroxylation is 1. The van der Waals surface area contributed by atoms with Gasteiger partial charge in [-0.25, -0.2) is 0 Å². The van der Waals surface area contributed by atoms with E-state index >= 15 is 0 Å². The van der Waals surface area contributed by atoms with Gasteiger partial charge in [0.25, 0.3) is 0 Å². The fourth-order valence-electron chi connectivity index (χ4n) is 5.44. The highest BCUT2D eigenvalue weighted by Crippen LogP contribution is 2.46. The van der Waals surface area contributed by atoms with Crippen LogP contribution in [0.25, 0.3) is 68.5 Å². The summed E-state index contributed by atoms with van der Waals surface area (Å²) in [7, 11) is 0. The van der Waals surface area contributed by atoms with Crippen LogP contribution in [0.3, 0.4) is 0 Å². The van der Waals surface area contributed by atoms with Crippen molar-refractivity contribution < 1.29 is 0 Å². The molecular weight excluding hydrogens is 444 g/mol. The summed E-state index contributed by atoms with van der Waals surface area (Å²) in [5, 5.41) is 2.37. The van der Waals surface area contributed by atoms with Gasteiger partial charge in [0, 0.05) is 0 Å². The number of hydrogen-bond acceptors (Lipinski definition) is 0. The van der Waals surface area contributed by atoms with Gasteiger partial charge in [0.2, 0.25) is 0 Å².